The van der Waals surface area contributed by atoms with Crippen molar-refractivity contribution in [3.05, 3.63) is 28.8 Å². The molecule has 2 aliphatic rings. The van der Waals surface area contributed by atoms with E-state index in [1.54, 1.807) is 18.2 Å². The van der Waals surface area contributed by atoms with Gasteiger partial charge >= 0.3 is 5.97 Å². The third-order valence-electron chi connectivity index (χ3n) is 4.75. The first kappa shape index (κ1) is 19.0. The van der Waals surface area contributed by atoms with Crippen LogP contribution in [0.3, 0.4) is 0 Å². The summed E-state index contributed by atoms with van der Waals surface area (Å²) >= 11 is 5.96. The van der Waals surface area contributed by atoms with Gasteiger partial charge in [-0.05, 0) is 36.6 Å². The first-order chi connectivity index (χ1) is 12.2. The normalized spacial score (nSPS) is 23.6. The van der Waals surface area contributed by atoms with Gasteiger partial charge in [-0.3, -0.25) is 9.59 Å². The molecule has 2 atom stereocenters. The third kappa shape index (κ3) is 4.29. The van der Waals surface area contributed by atoms with Crippen LogP contribution < -0.4 is 4.74 Å². The van der Waals surface area contributed by atoms with Gasteiger partial charge in [-0.1, -0.05) is 11.6 Å². The number of hydrogen-bond acceptors (Lipinski definition) is 6. The Bertz CT molecular complexity index is 825. The molecule has 2 aliphatic heterocycles. The Balaban J connectivity index is 1.52. The molecule has 0 aliphatic carbocycles. The van der Waals surface area contributed by atoms with Crippen molar-refractivity contribution in [1.29, 1.82) is 0 Å². The maximum absolute atomic E-state index is 12.2. The maximum atomic E-state index is 12.2. The van der Waals surface area contributed by atoms with Crippen LogP contribution in [0.4, 0.5) is 0 Å². The summed E-state index contributed by atoms with van der Waals surface area (Å²) in [5, 5.41) is 0.560. The van der Waals surface area contributed by atoms with Crippen molar-refractivity contribution >= 4 is 33.3 Å². The van der Waals surface area contributed by atoms with Gasteiger partial charge in [0.1, 0.15) is 12.4 Å². The van der Waals surface area contributed by atoms with Crippen LogP contribution >= 0.6 is 11.6 Å². The molecule has 0 spiro atoms. The number of carbonyl (C=O) groups excluding carboxylic acids is 2. The number of carbonyl (C=O) groups is 2. The number of rotatable bonds is 4. The van der Waals surface area contributed by atoms with E-state index in [1.807, 2.05) is 0 Å². The smallest absolute Gasteiger partial charge is 0.313 e. The Labute approximate surface area is 157 Å². The van der Waals surface area contributed by atoms with E-state index in [-0.39, 0.29) is 24.2 Å². The van der Waals surface area contributed by atoms with Crippen molar-refractivity contribution in [2.75, 3.05) is 31.8 Å². The van der Waals surface area contributed by atoms with Crippen LogP contribution in [-0.4, -0.2) is 63.0 Å². The molecule has 1 amide bonds. The van der Waals surface area contributed by atoms with Crippen LogP contribution in [0, 0.1) is 5.92 Å². The number of benzene rings is 1. The summed E-state index contributed by atoms with van der Waals surface area (Å²) in [5.41, 5.74) is 0.824. The Kier molecular flexibility index (Phi) is 5.43. The number of ether oxygens (including phenoxy) is 2. The zero-order chi connectivity index (χ0) is 18.9. The van der Waals surface area contributed by atoms with Gasteiger partial charge in [-0.2, -0.15) is 0 Å². The molecular weight excluding hydrogens is 382 g/mol. The van der Waals surface area contributed by atoms with E-state index >= 15 is 0 Å². The molecule has 7 nitrogen and oxygen atoms in total. The molecule has 1 aromatic rings. The predicted octanol–water partition coefficient (Wildman–Crippen LogP) is 1.08. The molecule has 0 saturated carbocycles. The van der Waals surface area contributed by atoms with E-state index in [2.05, 4.69) is 0 Å². The Morgan fingerprint density at radius 2 is 2.15 bits per heavy atom. The molecule has 0 aromatic heterocycles. The van der Waals surface area contributed by atoms with Crippen molar-refractivity contribution in [3.63, 3.8) is 0 Å². The molecule has 0 unspecified atom stereocenters. The molecule has 2 heterocycles. The molecule has 1 saturated heterocycles. The van der Waals surface area contributed by atoms with Crippen molar-refractivity contribution in [2.45, 2.75) is 18.9 Å². The zero-order valence-corrected chi connectivity index (χ0v) is 15.9. The fraction of sp³-hybridized carbons (Fsp3) is 0.529. The van der Waals surface area contributed by atoms with E-state index in [0.29, 0.717) is 23.6 Å². The molecule has 9 heteroatoms. The molecule has 0 radical (unpaired) electrons. The lowest BCUT2D eigenvalue weighted by Crippen LogP contribution is -2.41. The zero-order valence-electron chi connectivity index (χ0n) is 14.3. The van der Waals surface area contributed by atoms with Crippen molar-refractivity contribution in [3.8, 4) is 5.75 Å². The van der Waals surface area contributed by atoms with Crippen LogP contribution in [0.1, 0.15) is 12.0 Å². The van der Waals surface area contributed by atoms with Gasteiger partial charge < -0.3 is 14.4 Å². The number of fused-ring (bicyclic) bond motifs is 1. The topological polar surface area (TPSA) is 90.0 Å². The summed E-state index contributed by atoms with van der Waals surface area (Å²) in [5.74, 6) is -0.715. The van der Waals surface area contributed by atoms with Gasteiger partial charge in [0.15, 0.2) is 16.4 Å². The minimum atomic E-state index is -3.08. The van der Waals surface area contributed by atoms with Crippen molar-refractivity contribution in [2.24, 2.45) is 5.92 Å². The van der Waals surface area contributed by atoms with Crippen LogP contribution in [-0.2, 0) is 30.6 Å². The number of amides is 1. The number of hydrogen-bond donors (Lipinski definition) is 0. The number of halogens is 1. The van der Waals surface area contributed by atoms with E-state index in [1.165, 1.54) is 11.9 Å². The summed E-state index contributed by atoms with van der Waals surface area (Å²) in [4.78, 5) is 25.8. The van der Waals surface area contributed by atoms with E-state index in [0.717, 1.165) is 5.56 Å². The predicted molar refractivity (Wildman–Crippen MR) is 94.9 cm³/mol. The van der Waals surface area contributed by atoms with Gasteiger partial charge in [0.05, 0.1) is 17.4 Å². The van der Waals surface area contributed by atoms with E-state index in [4.69, 9.17) is 21.1 Å². The monoisotopic (exact) mass is 401 g/mol. The highest BCUT2D eigenvalue weighted by atomic mass is 35.5. The molecule has 1 aromatic carbocycles. The summed E-state index contributed by atoms with van der Waals surface area (Å²) in [7, 11) is -1.55. The maximum Gasteiger partial charge on any atom is 0.313 e. The fourth-order valence-electron chi connectivity index (χ4n) is 3.15. The fourth-order valence-corrected chi connectivity index (χ4v) is 5.12. The average molecular weight is 402 g/mol. The van der Waals surface area contributed by atoms with Crippen LogP contribution in [0.2, 0.25) is 5.02 Å². The second-order valence-corrected chi connectivity index (χ2v) is 9.30. The summed E-state index contributed by atoms with van der Waals surface area (Å²) in [6, 6.07) is 4.86. The minimum Gasteiger partial charge on any atom is -0.492 e. The second kappa shape index (κ2) is 7.44. The highest BCUT2D eigenvalue weighted by molar-refractivity contribution is 7.91. The highest BCUT2D eigenvalue weighted by Crippen LogP contribution is 2.30. The molecule has 26 heavy (non-hydrogen) atoms. The lowest BCUT2D eigenvalue weighted by molar-refractivity contribution is -0.156. The average Bonchev–Trinajstić information content (AvgIpc) is 2.97. The summed E-state index contributed by atoms with van der Waals surface area (Å²) in [6.07, 6.45) is 0.839. The van der Waals surface area contributed by atoms with E-state index < -0.39 is 34.2 Å². The first-order valence-electron chi connectivity index (χ1n) is 8.29. The minimum absolute atomic E-state index is 0.0444. The highest BCUT2D eigenvalue weighted by Gasteiger charge is 2.33. The molecule has 142 valence electrons. The second-order valence-electron chi connectivity index (χ2n) is 6.63. The lowest BCUT2D eigenvalue weighted by atomic mass is 9.97. The first-order valence-corrected chi connectivity index (χ1v) is 10.5. The third-order valence-corrected chi connectivity index (χ3v) is 6.74. The summed E-state index contributed by atoms with van der Waals surface area (Å²) < 4.78 is 33.7. The molecule has 3 rings (SSSR count). The largest absolute Gasteiger partial charge is 0.492 e. The molecule has 0 N–H and O–H groups in total. The van der Waals surface area contributed by atoms with Gasteiger partial charge in [-0.15, -0.1) is 0 Å². The van der Waals surface area contributed by atoms with Gasteiger partial charge in [0, 0.05) is 18.1 Å². The SMILES string of the molecule is CN(C(=O)COC(=O)[C@H]1COc2ccc(Cl)cc2C1)[C@H]1CCS(=O)(=O)C1. The summed E-state index contributed by atoms with van der Waals surface area (Å²) in [6.45, 7) is -0.233. The quantitative estimate of drug-likeness (QED) is 0.701. The van der Waals surface area contributed by atoms with Gasteiger partial charge in [-0.25, -0.2) is 8.42 Å². The molecule has 0 bridgehead atoms. The number of esters is 1. The Morgan fingerprint density at radius 1 is 1.38 bits per heavy atom. The number of sulfone groups is 1. The van der Waals surface area contributed by atoms with Crippen molar-refractivity contribution in [1.82, 2.24) is 4.90 Å². The van der Waals surface area contributed by atoms with Crippen LogP contribution in [0.25, 0.3) is 0 Å². The van der Waals surface area contributed by atoms with Gasteiger partial charge in [0.2, 0.25) is 0 Å². The number of likely N-dealkylation sites (N-methyl/N-ethyl adjacent to an activating group) is 1. The van der Waals surface area contributed by atoms with Crippen LogP contribution in [0.5, 0.6) is 5.75 Å². The van der Waals surface area contributed by atoms with E-state index in [9.17, 15) is 18.0 Å². The van der Waals surface area contributed by atoms with Gasteiger partial charge in [0.25, 0.3) is 5.91 Å². The number of nitrogens with zero attached hydrogens (tertiary/aromatic N) is 1. The molecular formula is C17H20ClNO6S. The standard InChI is InChI=1S/C17H20ClNO6S/c1-19(14-4-5-26(22,23)10-14)16(20)9-25-17(21)12-6-11-7-13(18)2-3-15(11)24-8-12/h2-3,7,12,14H,4-6,8-10H2,1H3/t12-,14+/m1/s1. The van der Waals surface area contributed by atoms with Crippen LogP contribution in [0.15, 0.2) is 18.2 Å². The van der Waals surface area contributed by atoms with Crippen molar-refractivity contribution < 1.29 is 27.5 Å². The Morgan fingerprint density at radius 3 is 2.85 bits per heavy atom. The lowest BCUT2D eigenvalue weighted by Gasteiger charge is -2.25. The molecule has 1 fully saturated rings. The Hall–Kier alpha value is -1.80.